The Hall–Kier alpha value is -3.51. The summed E-state index contributed by atoms with van der Waals surface area (Å²) in [5.41, 5.74) is 2.48. The number of nitrogens with one attached hydrogen (secondary N) is 2. The van der Waals surface area contributed by atoms with Gasteiger partial charge in [-0.2, -0.15) is 4.98 Å². The first-order valence-corrected chi connectivity index (χ1v) is 9.32. The second-order valence-corrected chi connectivity index (χ2v) is 6.65. The quantitative estimate of drug-likeness (QED) is 0.422. The molecule has 0 radical (unpaired) electrons. The zero-order valence-corrected chi connectivity index (χ0v) is 16.7. The van der Waals surface area contributed by atoms with E-state index in [-0.39, 0.29) is 0 Å². The van der Waals surface area contributed by atoms with Crippen molar-refractivity contribution in [1.82, 2.24) is 9.97 Å². The largest absolute Gasteiger partial charge is 0.497 e. The van der Waals surface area contributed by atoms with E-state index in [0.29, 0.717) is 22.5 Å². The average molecular weight is 407 g/mol. The van der Waals surface area contributed by atoms with Gasteiger partial charge in [0.1, 0.15) is 17.3 Å². The average Bonchev–Trinajstić information content (AvgIpc) is 2.74. The minimum absolute atomic E-state index is 0.459. The number of para-hydroxylation sites is 1. The van der Waals surface area contributed by atoms with Gasteiger partial charge in [-0.1, -0.05) is 23.7 Å². The Balaban J connectivity index is 1.69. The monoisotopic (exact) mass is 406 g/mol. The van der Waals surface area contributed by atoms with E-state index in [0.717, 1.165) is 28.0 Å². The third-order valence-electron chi connectivity index (χ3n) is 4.36. The molecule has 0 aliphatic carbocycles. The first-order valence-electron chi connectivity index (χ1n) is 8.94. The van der Waals surface area contributed by atoms with Crippen LogP contribution in [0.4, 0.5) is 23.1 Å². The highest BCUT2D eigenvalue weighted by Crippen LogP contribution is 2.30. The van der Waals surface area contributed by atoms with Crippen molar-refractivity contribution in [3.63, 3.8) is 0 Å². The van der Waals surface area contributed by atoms with Crippen molar-refractivity contribution in [3.05, 3.63) is 71.8 Å². The Kier molecular flexibility index (Phi) is 5.35. The molecular formula is C22H19ClN4O2. The molecule has 0 saturated heterocycles. The summed E-state index contributed by atoms with van der Waals surface area (Å²) in [4.78, 5) is 9.28. The fourth-order valence-electron chi connectivity index (χ4n) is 2.91. The van der Waals surface area contributed by atoms with Crippen molar-refractivity contribution < 1.29 is 9.47 Å². The number of nitrogens with zero attached hydrogens (tertiary/aromatic N) is 2. The van der Waals surface area contributed by atoms with E-state index in [9.17, 15) is 0 Å². The van der Waals surface area contributed by atoms with Crippen LogP contribution in [-0.4, -0.2) is 24.2 Å². The van der Waals surface area contributed by atoms with Crippen LogP contribution in [0.1, 0.15) is 0 Å². The molecule has 1 aromatic heterocycles. The van der Waals surface area contributed by atoms with Gasteiger partial charge in [-0.05, 0) is 54.6 Å². The summed E-state index contributed by atoms with van der Waals surface area (Å²) in [5.74, 6) is 2.56. The number of fused-ring (bicyclic) bond motifs is 1. The molecular weight excluding hydrogens is 388 g/mol. The number of hydrogen-bond donors (Lipinski definition) is 2. The molecule has 7 heteroatoms. The lowest BCUT2D eigenvalue weighted by molar-refractivity contribution is 0.415. The van der Waals surface area contributed by atoms with Gasteiger partial charge >= 0.3 is 0 Å². The molecule has 0 unspecified atom stereocenters. The molecule has 29 heavy (non-hydrogen) atoms. The third kappa shape index (κ3) is 4.17. The molecule has 0 bridgehead atoms. The van der Waals surface area contributed by atoms with Gasteiger partial charge < -0.3 is 20.1 Å². The molecule has 0 atom stereocenters. The number of hydrogen-bond acceptors (Lipinski definition) is 6. The summed E-state index contributed by atoms with van der Waals surface area (Å²) in [6.45, 7) is 0. The smallest absolute Gasteiger partial charge is 0.229 e. The van der Waals surface area contributed by atoms with Crippen LogP contribution in [0.5, 0.6) is 11.5 Å². The molecule has 0 amide bonds. The fourth-order valence-corrected chi connectivity index (χ4v) is 3.17. The first-order chi connectivity index (χ1) is 14.2. The Morgan fingerprint density at radius 3 is 2.28 bits per heavy atom. The number of methoxy groups -OCH3 is 2. The van der Waals surface area contributed by atoms with E-state index in [1.807, 2.05) is 54.6 Å². The maximum absolute atomic E-state index is 6.23. The van der Waals surface area contributed by atoms with Crippen LogP contribution < -0.4 is 20.1 Å². The molecule has 0 aliphatic heterocycles. The molecule has 3 aromatic carbocycles. The highest BCUT2D eigenvalue weighted by molar-refractivity contribution is 6.32. The van der Waals surface area contributed by atoms with Crippen molar-refractivity contribution in [1.29, 1.82) is 0 Å². The molecule has 146 valence electrons. The van der Waals surface area contributed by atoms with Gasteiger partial charge in [0.05, 0.1) is 24.8 Å². The van der Waals surface area contributed by atoms with Crippen LogP contribution in [0.2, 0.25) is 5.02 Å². The van der Waals surface area contributed by atoms with Crippen LogP contribution in [0, 0.1) is 0 Å². The van der Waals surface area contributed by atoms with Gasteiger partial charge in [-0.15, -0.1) is 0 Å². The summed E-state index contributed by atoms with van der Waals surface area (Å²) < 4.78 is 10.4. The molecule has 0 aliphatic rings. The minimum Gasteiger partial charge on any atom is -0.497 e. The fraction of sp³-hybridized carbons (Fsp3) is 0.0909. The number of rotatable bonds is 6. The Labute approximate surface area is 173 Å². The van der Waals surface area contributed by atoms with Crippen LogP contribution in [0.15, 0.2) is 66.7 Å². The first kappa shape index (κ1) is 18.8. The molecule has 6 nitrogen and oxygen atoms in total. The summed E-state index contributed by atoms with van der Waals surface area (Å²) in [6, 6.07) is 20.9. The lowest BCUT2D eigenvalue weighted by atomic mass is 10.2. The van der Waals surface area contributed by atoms with E-state index in [1.54, 1.807) is 26.4 Å². The summed E-state index contributed by atoms with van der Waals surface area (Å²) in [6.07, 6.45) is 0. The lowest BCUT2D eigenvalue weighted by Crippen LogP contribution is -2.02. The maximum Gasteiger partial charge on any atom is 0.229 e. The number of aromatic nitrogens is 2. The van der Waals surface area contributed by atoms with Crippen molar-refractivity contribution in [3.8, 4) is 11.5 Å². The van der Waals surface area contributed by atoms with E-state index in [4.69, 9.17) is 21.1 Å². The zero-order valence-electron chi connectivity index (χ0n) is 15.9. The Morgan fingerprint density at radius 1 is 0.793 bits per heavy atom. The minimum atomic E-state index is 0.459. The molecule has 1 heterocycles. The SMILES string of the molecule is COc1ccc(Nc2nc(Nc3ccc(OC)c(Cl)c3)nc3ccccc23)cc1. The second-order valence-electron chi connectivity index (χ2n) is 6.24. The van der Waals surface area contributed by atoms with Crippen molar-refractivity contribution >= 4 is 45.6 Å². The highest BCUT2D eigenvalue weighted by Gasteiger charge is 2.10. The van der Waals surface area contributed by atoms with Gasteiger partial charge in [-0.25, -0.2) is 4.98 Å². The normalized spacial score (nSPS) is 10.6. The summed E-state index contributed by atoms with van der Waals surface area (Å²) >= 11 is 6.23. The Morgan fingerprint density at radius 2 is 1.55 bits per heavy atom. The topological polar surface area (TPSA) is 68.3 Å². The summed E-state index contributed by atoms with van der Waals surface area (Å²) in [7, 11) is 3.22. The molecule has 0 spiro atoms. The van der Waals surface area contributed by atoms with E-state index in [2.05, 4.69) is 20.6 Å². The van der Waals surface area contributed by atoms with Crippen molar-refractivity contribution in [2.75, 3.05) is 24.9 Å². The molecule has 4 aromatic rings. The van der Waals surface area contributed by atoms with Crippen LogP contribution in [-0.2, 0) is 0 Å². The van der Waals surface area contributed by atoms with Crippen molar-refractivity contribution in [2.45, 2.75) is 0 Å². The number of halogens is 1. The molecule has 0 saturated carbocycles. The number of benzene rings is 3. The third-order valence-corrected chi connectivity index (χ3v) is 4.66. The van der Waals surface area contributed by atoms with E-state index >= 15 is 0 Å². The molecule has 4 rings (SSSR count). The highest BCUT2D eigenvalue weighted by atomic mass is 35.5. The van der Waals surface area contributed by atoms with Crippen molar-refractivity contribution in [2.24, 2.45) is 0 Å². The van der Waals surface area contributed by atoms with Gasteiger partial charge in [0.25, 0.3) is 0 Å². The van der Waals surface area contributed by atoms with Gasteiger partial charge in [0.15, 0.2) is 0 Å². The summed E-state index contributed by atoms with van der Waals surface area (Å²) in [5, 5.41) is 8.00. The van der Waals surface area contributed by atoms with Crippen LogP contribution >= 0.6 is 11.6 Å². The maximum atomic E-state index is 6.23. The van der Waals surface area contributed by atoms with E-state index < -0.39 is 0 Å². The Bertz CT molecular complexity index is 1150. The predicted molar refractivity (Wildman–Crippen MR) is 117 cm³/mol. The van der Waals surface area contributed by atoms with Gasteiger partial charge in [-0.3, -0.25) is 0 Å². The predicted octanol–water partition coefficient (Wildman–Crippen LogP) is 5.79. The van der Waals surface area contributed by atoms with Gasteiger partial charge in [0, 0.05) is 16.8 Å². The van der Waals surface area contributed by atoms with Crippen LogP contribution in [0.3, 0.4) is 0 Å². The lowest BCUT2D eigenvalue weighted by Gasteiger charge is -2.13. The molecule has 0 fully saturated rings. The zero-order chi connectivity index (χ0) is 20.2. The second kappa shape index (κ2) is 8.24. The standard InChI is InChI=1S/C22H19ClN4O2/c1-28-16-10-7-14(8-11-16)24-21-17-5-3-4-6-19(17)26-22(27-21)25-15-9-12-20(29-2)18(23)13-15/h3-13H,1-2H3,(H2,24,25,26,27). The molecule has 2 N–H and O–H groups in total. The number of ether oxygens (including phenoxy) is 2. The van der Waals surface area contributed by atoms with Gasteiger partial charge in [0.2, 0.25) is 5.95 Å². The van der Waals surface area contributed by atoms with E-state index in [1.165, 1.54) is 0 Å². The number of anilines is 4. The van der Waals surface area contributed by atoms with Crippen LogP contribution in [0.25, 0.3) is 10.9 Å².